The maximum atomic E-state index is 5.74. The minimum Gasteiger partial charge on any atom is -0.493 e. The van der Waals surface area contributed by atoms with Gasteiger partial charge in [0.25, 0.3) is 0 Å². The van der Waals surface area contributed by atoms with Gasteiger partial charge in [0.15, 0.2) is 0 Å². The second-order valence-corrected chi connectivity index (χ2v) is 6.22. The van der Waals surface area contributed by atoms with E-state index in [0.717, 1.165) is 47.8 Å². The Morgan fingerprint density at radius 2 is 2.17 bits per heavy atom. The van der Waals surface area contributed by atoms with Gasteiger partial charge in [-0.15, -0.1) is 0 Å². The quantitative estimate of drug-likeness (QED) is 0.689. The molecule has 0 saturated heterocycles. The van der Waals surface area contributed by atoms with E-state index in [4.69, 9.17) is 4.74 Å². The highest BCUT2D eigenvalue weighted by Gasteiger charge is 2.02. The van der Waals surface area contributed by atoms with Gasteiger partial charge in [0.05, 0.1) is 6.61 Å². The van der Waals surface area contributed by atoms with Gasteiger partial charge in [-0.3, -0.25) is 0 Å². The summed E-state index contributed by atoms with van der Waals surface area (Å²) >= 11 is 5.48. The zero-order valence-corrected chi connectivity index (χ0v) is 13.6. The Morgan fingerprint density at radius 1 is 1.33 bits per heavy atom. The second kappa shape index (κ2) is 9.70. The van der Waals surface area contributed by atoms with Gasteiger partial charge in [-0.25, -0.2) is 0 Å². The SMILES string of the molecule is CCCNCc1cc(OCCSCC)ccc1Br. The van der Waals surface area contributed by atoms with Gasteiger partial charge in [0.2, 0.25) is 0 Å². The Hall–Kier alpha value is -0.190. The van der Waals surface area contributed by atoms with Crippen molar-refractivity contribution in [3.8, 4) is 5.75 Å². The number of halogens is 1. The van der Waals surface area contributed by atoms with Crippen LogP contribution in [0.3, 0.4) is 0 Å². The van der Waals surface area contributed by atoms with Crippen molar-refractivity contribution in [3.05, 3.63) is 28.2 Å². The van der Waals surface area contributed by atoms with E-state index >= 15 is 0 Å². The fraction of sp³-hybridized carbons (Fsp3) is 0.571. The molecule has 0 spiro atoms. The molecule has 0 heterocycles. The molecule has 0 aliphatic rings. The lowest BCUT2D eigenvalue weighted by molar-refractivity contribution is 0.343. The number of nitrogens with one attached hydrogen (secondary N) is 1. The summed E-state index contributed by atoms with van der Waals surface area (Å²) in [5.74, 6) is 3.16. The molecular formula is C14H22BrNOS. The number of ether oxygens (including phenoxy) is 1. The van der Waals surface area contributed by atoms with E-state index in [9.17, 15) is 0 Å². The summed E-state index contributed by atoms with van der Waals surface area (Å²) < 4.78 is 6.88. The summed E-state index contributed by atoms with van der Waals surface area (Å²) in [6, 6.07) is 6.19. The molecule has 0 aliphatic carbocycles. The molecule has 2 nitrogen and oxygen atoms in total. The summed E-state index contributed by atoms with van der Waals surface area (Å²) in [6.45, 7) is 7.05. The molecule has 1 aromatic rings. The Bertz CT molecular complexity index is 347. The zero-order chi connectivity index (χ0) is 13.2. The van der Waals surface area contributed by atoms with Crippen molar-refractivity contribution in [1.29, 1.82) is 0 Å². The molecule has 0 aliphatic heterocycles. The molecule has 18 heavy (non-hydrogen) atoms. The fourth-order valence-corrected chi connectivity index (χ4v) is 2.42. The molecule has 102 valence electrons. The third-order valence-electron chi connectivity index (χ3n) is 2.46. The lowest BCUT2D eigenvalue weighted by Gasteiger charge is -2.10. The normalized spacial score (nSPS) is 10.6. The average molecular weight is 332 g/mol. The van der Waals surface area contributed by atoms with Crippen LogP contribution in [0.25, 0.3) is 0 Å². The maximum absolute atomic E-state index is 5.74. The first-order valence-corrected chi connectivity index (χ1v) is 8.42. The van der Waals surface area contributed by atoms with Crippen LogP contribution in [0.2, 0.25) is 0 Å². The van der Waals surface area contributed by atoms with Crippen LogP contribution in [-0.4, -0.2) is 24.7 Å². The van der Waals surface area contributed by atoms with Crippen LogP contribution in [0.4, 0.5) is 0 Å². The topological polar surface area (TPSA) is 21.3 Å². The van der Waals surface area contributed by atoms with Crippen molar-refractivity contribution in [1.82, 2.24) is 5.32 Å². The highest BCUT2D eigenvalue weighted by atomic mass is 79.9. The van der Waals surface area contributed by atoms with Gasteiger partial charge >= 0.3 is 0 Å². The van der Waals surface area contributed by atoms with Gasteiger partial charge < -0.3 is 10.1 Å². The first kappa shape index (κ1) is 15.9. The molecule has 0 radical (unpaired) electrons. The van der Waals surface area contributed by atoms with Crippen molar-refractivity contribution in [2.75, 3.05) is 24.7 Å². The fourth-order valence-electron chi connectivity index (χ4n) is 1.54. The van der Waals surface area contributed by atoms with Gasteiger partial charge in [-0.2, -0.15) is 11.8 Å². The van der Waals surface area contributed by atoms with E-state index in [1.807, 2.05) is 17.8 Å². The van der Waals surface area contributed by atoms with Crippen LogP contribution >= 0.6 is 27.7 Å². The standard InChI is InChI=1S/C14H22BrNOS/c1-3-7-16-11-12-10-13(5-6-14(12)15)17-8-9-18-4-2/h5-6,10,16H,3-4,7-9,11H2,1-2H3. The van der Waals surface area contributed by atoms with Crippen LogP contribution in [0.1, 0.15) is 25.8 Å². The number of benzene rings is 1. The first-order valence-electron chi connectivity index (χ1n) is 6.47. The summed E-state index contributed by atoms with van der Waals surface area (Å²) in [4.78, 5) is 0. The molecule has 0 amide bonds. The molecule has 1 aromatic carbocycles. The van der Waals surface area contributed by atoms with Crippen molar-refractivity contribution in [3.63, 3.8) is 0 Å². The molecule has 0 atom stereocenters. The highest BCUT2D eigenvalue weighted by Crippen LogP contribution is 2.22. The summed E-state index contributed by atoms with van der Waals surface area (Å²) in [7, 11) is 0. The minimum absolute atomic E-state index is 0.780. The molecule has 1 N–H and O–H groups in total. The monoisotopic (exact) mass is 331 g/mol. The molecular weight excluding hydrogens is 310 g/mol. The zero-order valence-electron chi connectivity index (χ0n) is 11.2. The smallest absolute Gasteiger partial charge is 0.119 e. The average Bonchev–Trinajstić information content (AvgIpc) is 2.38. The van der Waals surface area contributed by atoms with Crippen LogP contribution in [0.15, 0.2) is 22.7 Å². The van der Waals surface area contributed by atoms with Crippen LogP contribution in [0, 0.1) is 0 Å². The molecule has 0 bridgehead atoms. The molecule has 1 rings (SSSR count). The molecule has 0 unspecified atom stereocenters. The minimum atomic E-state index is 0.780. The Morgan fingerprint density at radius 3 is 2.89 bits per heavy atom. The predicted molar refractivity (Wildman–Crippen MR) is 84.6 cm³/mol. The van der Waals surface area contributed by atoms with E-state index in [2.05, 4.69) is 47.2 Å². The van der Waals surface area contributed by atoms with E-state index in [1.54, 1.807) is 0 Å². The van der Waals surface area contributed by atoms with Crippen LogP contribution in [0.5, 0.6) is 5.75 Å². The number of thioether (sulfide) groups is 1. The Labute approximate surface area is 123 Å². The lowest BCUT2D eigenvalue weighted by Crippen LogP contribution is -2.14. The van der Waals surface area contributed by atoms with Gasteiger partial charge in [-0.1, -0.05) is 29.8 Å². The molecule has 0 aromatic heterocycles. The van der Waals surface area contributed by atoms with E-state index in [1.165, 1.54) is 5.56 Å². The van der Waals surface area contributed by atoms with E-state index in [-0.39, 0.29) is 0 Å². The highest BCUT2D eigenvalue weighted by molar-refractivity contribution is 9.10. The van der Waals surface area contributed by atoms with Gasteiger partial charge in [-0.05, 0) is 42.5 Å². The van der Waals surface area contributed by atoms with Gasteiger partial charge in [0, 0.05) is 16.8 Å². The maximum Gasteiger partial charge on any atom is 0.119 e. The van der Waals surface area contributed by atoms with Crippen molar-refractivity contribution >= 4 is 27.7 Å². The van der Waals surface area contributed by atoms with Crippen LogP contribution < -0.4 is 10.1 Å². The summed E-state index contributed by atoms with van der Waals surface area (Å²) in [6.07, 6.45) is 1.15. The van der Waals surface area contributed by atoms with Crippen molar-refractivity contribution in [2.24, 2.45) is 0 Å². The second-order valence-electron chi connectivity index (χ2n) is 3.98. The third-order valence-corrected chi connectivity index (χ3v) is 4.10. The summed E-state index contributed by atoms with van der Waals surface area (Å²) in [5, 5.41) is 3.41. The van der Waals surface area contributed by atoms with E-state index < -0.39 is 0 Å². The van der Waals surface area contributed by atoms with Gasteiger partial charge in [0.1, 0.15) is 5.75 Å². The first-order chi connectivity index (χ1) is 8.77. The van der Waals surface area contributed by atoms with Crippen molar-refractivity contribution < 1.29 is 4.74 Å². The third kappa shape index (κ3) is 6.12. The Kier molecular flexibility index (Phi) is 8.55. The number of hydrogen-bond acceptors (Lipinski definition) is 3. The molecule has 0 saturated carbocycles. The summed E-state index contributed by atoms with van der Waals surface area (Å²) in [5.41, 5.74) is 1.25. The number of rotatable bonds is 9. The number of hydrogen-bond donors (Lipinski definition) is 1. The van der Waals surface area contributed by atoms with Crippen molar-refractivity contribution in [2.45, 2.75) is 26.8 Å². The molecule has 4 heteroatoms. The predicted octanol–water partition coefficient (Wildman–Crippen LogP) is 4.08. The van der Waals surface area contributed by atoms with Crippen LogP contribution in [-0.2, 0) is 6.54 Å². The Balaban J connectivity index is 2.46. The van der Waals surface area contributed by atoms with E-state index in [0.29, 0.717) is 0 Å². The lowest BCUT2D eigenvalue weighted by atomic mass is 10.2. The largest absolute Gasteiger partial charge is 0.493 e. The molecule has 0 fully saturated rings.